The number of benzene rings is 2. The molecule has 3 fully saturated rings. The van der Waals surface area contributed by atoms with Crippen molar-refractivity contribution in [2.24, 2.45) is 11.8 Å². The van der Waals surface area contributed by atoms with Gasteiger partial charge in [0.25, 0.3) is 5.69 Å². The van der Waals surface area contributed by atoms with Gasteiger partial charge in [0.15, 0.2) is 0 Å². The lowest BCUT2D eigenvalue weighted by Gasteiger charge is -2.40. The van der Waals surface area contributed by atoms with Crippen LogP contribution in [0.4, 0.5) is 14.9 Å². The van der Waals surface area contributed by atoms with Gasteiger partial charge in [-0.25, -0.2) is 9.18 Å². The third-order valence-corrected chi connectivity index (χ3v) is 9.45. The Morgan fingerprint density at radius 1 is 1.09 bits per heavy atom. The van der Waals surface area contributed by atoms with E-state index in [2.05, 4.69) is 11.5 Å². The maximum Gasteiger partial charge on any atom is 0.410 e. The summed E-state index contributed by atoms with van der Waals surface area (Å²) in [5.74, 6) is -0.497. The smallest absolute Gasteiger partial charge is 0.410 e. The van der Waals surface area contributed by atoms with Gasteiger partial charge in [0.05, 0.1) is 11.5 Å². The zero-order chi connectivity index (χ0) is 31.3. The Bertz CT molecular complexity index is 1320. The van der Waals surface area contributed by atoms with Crippen LogP contribution in [0.25, 0.3) is 0 Å². The monoisotopic (exact) mass is 608 g/mol. The van der Waals surface area contributed by atoms with Crippen LogP contribution in [0.15, 0.2) is 61.2 Å². The van der Waals surface area contributed by atoms with E-state index in [9.17, 15) is 29.2 Å². The normalized spacial score (nSPS) is 23.0. The molecule has 3 aliphatic rings. The number of likely N-dealkylation sites (tertiary alicyclic amines) is 2. The first kappa shape index (κ1) is 31.6. The number of amides is 2. The molecular weight excluding hydrogens is 567 g/mol. The summed E-state index contributed by atoms with van der Waals surface area (Å²) in [5.41, 5.74) is -0.0339. The molecule has 2 aromatic rings. The molecule has 0 aromatic heterocycles. The largest absolute Gasteiger partial charge is 0.445 e. The molecular formula is C33H41FN4O6. The van der Waals surface area contributed by atoms with Crippen LogP contribution in [0.1, 0.15) is 49.7 Å². The summed E-state index contributed by atoms with van der Waals surface area (Å²) in [6.45, 7) is 6.73. The molecule has 1 saturated carbocycles. The Morgan fingerprint density at radius 2 is 1.75 bits per heavy atom. The van der Waals surface area contributed by atoms with Gasteiger partial charge < -0.3 is 24.5 Å². The highest BCUT2D eigenvalue weighted by molar-refractivity contribution is 5.79. The van der Waals surface area contributed by atoms with Crippen LogP contribution < -0.4 is 0 Å². The number of nitro benzene ring substituents is 1. The Labute approximate surface area is 257 Å². The standard InChI is InChI=1S/C33H41FN4O6/c1-2-17-37(32(40)44-22-24-7-13-30(14-8-24)38(42)43)29-15-18-35(19-16-29)20-27-21-36(31(39)25-5-3-4-6-25)23-33(27,41)26-9-11-28(34)12-10-26/h2,7-14,25,27,29,41H,1,3-6,15-23H2/t27-,33-/m0/s1. The van der Waals surface area contributed by atoms with Crippen molar-refractivity contribution >= 4 is 17.7 Å². The van der Waals surface area contributed by atoms with E-state index in [1.54, 1.807) is 35.2 Å². The van der Waals surface area contributed by atoms with Crippen LogP contribution >= 0.6 is 0 Å². The van der Waals surface area contributed by atoms with Crippen LogP contribution in [0, 0.1) is 27.8 Å². The molecule has 2 amide bonds. The maximum absolute atomic E-state index is 13.7. The van der Waals surface area contributed by atoms with Crippen molar-refractivity contribution in [1.82, 2.24) is 14.7 Å². The first-order valence-corrected chi connectivity index (χ1v) is 15.4. The molecule has 2 saturated heterocycles. The van der Waals surface area contributed by atoms with Crippen molar-refractivity contribution in [2.75, 3.05) is 39.3 Å². The van der Waals surface area contributed by atoms with Crippen molar-refractivity contribution in [3.8, 4) is 0 Å². The fourth-order valence-corrected chi connectivity index (χ4v) is 6.95. The molecule has 11 heteroatoms. The molecule has 0 spiro atoms. The minimum atomic E-state index is -1.28. The molecule has 0 unspecified atom stereocenters. The van der Waals surface area contributed by atoms with Gasteiger partial charge in [0, 0.05) is 62.7 Å². The number of β-amino-alcohol motifs (C(OH)–C–C–N with tert-alkyl or cyclic N) is 1. The highest BCUT2D eigenvalue weighted by Crippen LogP contribution is 2.40. The summed E-state index contributed by atoms with van der Waals surface area (Å²) in [7, 11) is 0. The number of carbonyl (C=O) groups is 2. The summed E-state index contributed by atoms with van der Waals surface area (Å²) in [4.78, 5) is 42.6. The van der Waals surface area contributed by atoms with Gasteiger partial charge in [-0.05, 0) is 61.1 Å². The second-order valence-electron chi connectivity index (χ2n) is 12.3. The number of carbonyl (C=O) groups excluding carboxylic acids is 2. The molecule has 0 radical (unpaired) electrons. The first-order chi connectivity index (χ1) is 21.2. The molecule has 2 atom stereocenters. The quantitative estimate of drug-likeness (QED) is 0.233. The Hall–Kier alpha value is -3.83. The molecule has 5 rings (SSSR count). The molecule has 236 valence electrons. The van der Waals surface area contributed by atoms with Gasteiger partial charge in [-0.1, -0.05) is 31.1 Å². The minimum absolute atomic E-state index is 0.00302. The molecule has 1 aliphatic carbocycles. The number of piperidine rings is 1. The first-order valence-electron chi connectivity index (χ1n) is 15.4. The summed E-state index contributed by atoms with van der Waals surface area (Å²) in [5, 5.41) is 22.9. The second-order valence-corrected chi connectivity index (χ2v) is 12.3. The Kier molecular flexibility index (Phi) is 9.95. The predicted octanol–water partition coefficient (Wildman–Crippen LogP) is 4.86. The molecule has 1 N–H and O–H groups in total. The van der Waals surface area contributed by atoms with Crippen LogP contribution in [0.2, 0.25) is 0 Å². The number of aliphatic hydroxyl groups is 1. The maximum atomic E-state index is 13.7. The summed E-state index contributed by atoms with van der Waals surface area (Å²) in [6.07, 6.45) is 6.48. The van der Waals surface area contributed by atoms with Gasteiger partial charge in [-0.15, -0.1) is 6.58 Å². The van der Waals surface area contributed by atoms with E-state index in [0.29, 0.717) is 56.7 Å². The van der Waals surface area contributed by atoms with Crippen LogP contribution in [0.3, 0.4) is 0 Å². The number of hydrogen-bond acceptors (Lipinski definition) is 7. The van der Waals surface area contributed by atoms with E-state index in [1.807, 2.05) is 4.90 Å². The van der Waals surface area contributed by atoms with Gasteiger partial charge in [0.2, 0.25) is 5.91 Å². The van der Waals surface area contributed by atoms with E-state index in [-0.39, 0.29) is 48.4 Å². The Balaban J connectivity index is 1.20. The van der Waals surface area contributed by atoms with E-state index in [4.69, 9.17) is 4.74 Å². The number of nitrogens with zero attached hydrogens (tertiary/aromatic N) is 4. The van der Waals surface area contributed by atoms with Crippen molar-refractivity contribution in [1.29, 1.82) is 0 Å². The van der Waals surface area contributed by atoms with Crippen molar-refractivity contribution < 1.29 is 28.7 Å². The van der Waals surface area contributed by atoms with Gasteiger partial charge >= 0.3 is 6.09 Å². The molecule has 2 aliphatic heterocycles. The summed E-state index contributed by atoms with van der Waals surface area (Å²) >= 11 is 0. The zero-order valence-electron chi connectivity index (χ0n) is 25.0. The zero-order valence-corrected chi connectivity index (χ0v) is 25.0. The van der Waals surface area contributed by atoms with E-state index in [0.717, 1.165) is 25.7 Å². The van der Waals surface area contributed by atoms with Gasteiger partial charge in [-0.2, -0.15) is 0 Å². The van der Waals surface area contributed by atoms with Crippen LogP contribution in [-0.4, -0.2) is 82.0 Å². The van der Waals surface area contributed by atoms with E-state index < -0.39 is 16.6 Å². The lowest BCUT2D eigenvalue weighted by atomic mass is 9.83. The third kappa shape index (κ3) is 7.10. The van der Waals surface area contributed by atoms with E-state index >= 15 is 0 Å². The topological polar surface area (TPSA) is 116 Å². The molecule has 0 bridgehead atoms. The van der Waals surface area contributed by atoms with E-state index in [1.165, 1.54) is 24.3 Å². The molecule has 2 heterocycles. The van der Waals surface area contributed by atoms with Gasteiger partial charge in [0.1, 0.15) is 18.0 Å². The highest BCUT2D eigenvalue weighted by Gasteiger charge is 2.49. The fourth-order valence-electron chi connectivity index (χ4n) is 6.95. The summed E-state index contributed by atoms with van der Waals surface area (Å²) < 4.78 is 19.3. The minimum Gasteiger partial charge on any atom is -0.445 e. The number of rotatable bonds is 10. The van der Waals surface area contributed by atoms with Crippen molar-refractivity contribution in [3.63, 3.8) is 0 Å². The average Bonchev–Trinajstić information content (AvgIpc) is 3.68. The fraction of sp³-hybridized carbons (Fsp3) is 0.515. The van der Waals surface area contributed by atoms with Crippen molar-refractivity contribution in [2.45, 2.75) is 56.8 Å². The number of nitro groups is 1. The highest BCUT2D eigenvalue weighted by atomic mass is 19.1. The average molecular weight is 609 g/mol. The van der Waals surface area contributed by atoms with Crippen LogP contribution in [-0.2, 0) is 21.7 Å². The number of ether oxygens (including phenoxy) is 1. The molecule has 44 heavy (non-hydrogen) atoms. The van der Waals surface area contributed by atoms with Crippen molar-refractivity contribution in [3.05, 3.63) is 88.2 Å². The lowest BCUT2D eigenvalue weighted by molar-refractivity contribution is -0.384. The molecule has 10 nitrogen and oxygen atoms in total. The van der Waals surface area contributed by atoms with Gasteiger partial charge in [-0.3, -0.25) is 14.9 Å². The SMILES string of the molecule is C=CCN(C(=O)OCc1ccc([N+](=O)[O-])cc1)C1CCN(C[C@H]2CN(C(=O)C3CCCC3)C[C@]2(O)c2ccc(F)cc2)CC1. The predicted molar refractivity (Wildman–Crippen MR) is 162 cm³/mol. The Morgan fingerprint density at radius 3 is 2.36 bits per heavy atom. The lowest BCUT2D eigenvalue weighted by Crippen LogP contribution is -2.50. The number of non-ortho nitro benzene ring substituents is 1. The molecule has 2 aromatic carbocycles. The number of hydrogen-bond donors (Lipinski definition) is 1. The second kappa shape index (κ2) is 13.9. The summed E-state index contributed by atoms with van der Waals surface area (Å²) in [6, 6.07) is 11.8. The van der Waals surface area contributed by atoms with Crippen LogP contribution in [0.5, 0.6) is 0 Å². The number of halogens is 1. The third-order valence-electron chi connectivity index (χ3n) is 9.45.